The van der Waals surface area contributed by atoms with E-state index >= 15 is 0 Å². The number of piperidine rings is 1. The SMILES string of the molecule is Cc1ccc(C2(O)CCN(c3ccc4ccccc4n3)CC2)nc1. The zero-order valence-corrected chi connectivity index (χ0v) is 13.8. The smallest absolute Gasteiger partial charge is 0.129 e. The van der Waals surface area contributed by atoms with E-state index in [1.807, 2.05) is 43.5 Å². The van der Waals surface area contributed by atoms with Gasteiger partial charge in [-0.15, -0.1) is 0 Å². The number of hydrogen-bond acceptors (Lipinski definition) is 4. The van der Waals surface area contributed by atoms with Gasteiger partial charge >= 0.3 is 0 Å². The lowest BCUT2D eigenvalue weighted by atomic mass is 9.87. The van der Waals surface area contributed by atoms with Crippen molar-refractivity contribution in [1.29, 1.82) is 0 Å². The van der Waals surface area contributed by atoms with E-state index in [1.54, 1.807) is 0 Å². The summed E-state index contributed by atoms with van der Waals surface area (Å²) in [5, 5.41) is 12.1. The van der Waals surface area contributed by atoms with Gasteiger partial charge in [-0.25, -0.2) is 4.98 Å². The third-order valence-electron chi connectivity index (χ3n) is 4.89. The van der Waals surface area contributed by atoms with Crippen LogP contribution in [0.4, 0.5) is 5.82 Å². The van der Waals surface area contributed by atoms with E-state index in [4.69, 9.17) is 4.98 Å². The molecule has 1 aliphatic rings. The predicted molar refractivity (Wildman–Crippen MR) is 96.1 cm³/mol. The van der Waals surface area contributed by atoms with Crippen molar-refractivity contribution in [2.75, 3.05) is 18.0 Å². The van der Waals surface area contributed by atoms with E-state index in [0.29, 0.717) is 12.8 Å². The minimum Gasteiger partial charge on any atom is -0.383 e. The van der Waals surface area contributed by atoms with Crippen molar-refractivity contribution in [3.8, 4) is 0 Å². The molecular weight excluding hydrogens is 298 g/mol. The van der Waals surface area contributed by atoms with Gasteiger partial charge in [-0.1, -0.05) is 24.3 Å². The molecule has 0 spiro atoms. The zero-order valence-electron chi connectivity index (χ0n) is 13.8. The second kappa shape index (κ2) is 5.87. The van der Waals surface area contributed by atoms with Gasteiger partial charge in [-0.2, -0.15) is 0 Å². The number of rotatable bonds is 2. The van der Waals surface area contributed by atoms with E-state index in [9.17, 15) is 5.11 Å². The number of para-hydroxylation sites is 1. The van der Waals surface area contributed by atoms with Crippen molar-refractivity contribution >= 4 is 16.7 Å². The highest BCUT2D eigenvalue weighted by molar-refractivity contribution is 5.80. The summed E-state index contributed by atoms with van der Waals surface area (Å²) in [6.45, 7) is 3.56. The lowest BCUT2D eigenvalue weighted by Crippen LogP contribution is -2.43. The molecule has 0 saturated carbocycles. The maximum Gasteiger partial charge on any atom is 0.129 e. The summed E-state index contributed by atoms with van der Waals surface area (Å²) in [5.41, 5.74) is 2.07. The van der Waals surface area contributed by atoms with Crippen LogP contribution in [-0.2, 0) is 5.60 Å². The largest absolute Gasteiger partial charge is 0.383 e. The van der Waals surface area contributed by atoms with Gasteiger partial charge in [0.2, 0.25) is 0 Å². The van der Waals surface area contributed by atoms with Gasteiger partial charge in [0.25, 0.3) is 0 Å². The monoisotopic (exact) mass is 319 g/mol. The first-order valence-corrected chi connectivity index (χ1v) is 8.40. The minimum absolute atomic E-state index is 0.664. The summed E-state index contributed by atoms with van der Waals surface area (Å²) < 4.78 is 0. The van der Waals surface area contributed by atoms with Crippen LogP contribution in [0.25, 0.3) is 10.9 Å². The summed E-state index contributed by atoms with van der Waals surface area (Å²) in [7, 11) is 0. The molecule has 0 unspecified atom stereocenters. The lowest BCUT2D eigenvalue weighted by Gasteiger charge is -2.38. The van der Waals surface area contributed by atoms with Gasteiger partial charge < -0.3 is 10.0 Å². The van der Waals surface area contributed by atoms with Crippen LogP contribution in [0.2, 0.25) is 0 Å². The number of aromatic nitrogens is 2. The van der Waals surface area contributed by atoms with Gasteiger partial charge in [0, 0.05) is 24.7 Å². The summed E-state index contributed by atoms with van der Waals surface area (Å²) in [6.07, 6.45) is 3.15. The number of fused-ring (bicyclic) bond motifs is 1. The molecule has 122 valence electrons. The Morgan fingerprint density at radius 2 is 1.79 bits per heavy atom. The molecule has 3 heterocycles. The van der Waals surface area contributed by atoms with Crippen molar-refractivity contribution in [2.45, 2.75) is 25.4 Å². The van der Waals surface area contributed by atoms with Crippen LogP contribution >= 0.6 is 0 Å². The van der Waals surface area contributed by atoms with Crippen molar-refractivity contribution in [3.63, 3.8) is 0 Å². The summed E-state index contributed by atoms with van der Waals surface area (Å²) >= 11 is 0. The molecule has 0 bridgehead atoms. The Kier molecular flexibility index (Phi) is 3.69. The molecule has 1 fully saturated rings. The zero-order chi connectivity index (χ0) is 16.6. The molecule has 4 rings (SSSR count). The molecule has 4 heteroatoms. The third kappa shape index (κ3) is 2.74. The topological polar surface area (TPSA) is 49.2 Å². The molecule has 1 aromatic carbocycles. The van der Waals surface area contributed by atoms with E-state index in [1.165, 1.54) is 0 Å². The van der Waals surface area contributed by atoms with Gasteiger partial charge in [0.05, 0.1) is 11.2 Å². The van der Waals surface area contributed by atoms with E-state index in [-0.39, 0.29) is 0 Å². The Hall–Kier alpha value is -2.46. The fourth-order valence-electron chi connectivity index (χ4n) is 3.34. The Morgan fingerprint density at radius 3 is 2.54 bits per heavy atom. The molecular formula is C20H21N3O. The quantitative estimate of drug-likeness (QED) is 0.786. The van der Waals surface area contributed by atoms with Gasteiger partial charge in [-0.3, -0.25) is 4.98 Å². The highest BCUT2D eigenvalue weighted by atomic mass is 16.3. The molecule has 1 saturated heterocycles. The molecule has 0 atom stereocenters. The average molecular weight is 319 g/mol. The lowest BCUT2D eigenvalue weighted by molar-refractivity contribution is 0.00749. The molecule has 0 amide bonds. The number of aliphatic hydroxyl groups is 1. The average Bonchev–Trinajstić information content (AvgIpc) is 2.62. The maximum absolute atomic E-state index is 11.0. The van der Waals surface area contributed by atoms with Crippen molar-refractivity contribution in [1.82, 2.24) is 9.97 Å². The Balaban J connectivity index is 1.53. The van der Waals surface area contributed by atoms with Gasteiger partial charge in [0.1, 0.15) is 11.4 Å². The first-order chi connectivity index (χ1) is 11.6. The van der Waals surface area contributed by atoms with Gasteiger partial charge in [-0.05, 0) is 49.6 Å². The molecule has 2 aromatic heterocycles. The van der Waals surface area contributed by atoms with Crippen LogP contribution in [0.1, 0.15) is 24.1 Å². The van der Waals surface area contributed by atoms with Crippen LogP contribution in [0.5, 0.6) is 0 Å². The first-order valence-electron chi connectivity index (χ1n) is 8.40. The fourth-order valence-corrected chi connectivity index (χ4v) is 3.34. The van der Waals surface area contributed by atoms with Crippen LogP contribution in [0.3, 0.4) is 0 Å². The highest BCUT2D eigenvalue weighted by Gasteiger charge is 2.35. The maximum atomic E-state index is 11.0. The number of aryl methyl sites for hydroxylation is 1. The number of nitrogens with zero attached hydrogens (tertiary/aromatic N) is 3. The Morgan fingerprint density at radius 1 is 1.00 bits per heavy atom. The van der Waals surface area contributed by atoms with E-state index in [2.05, 4.69) is 28.1 Å². The van der Waals surface area contributed by atoms with Crippen molar-refractivity contribution in [3.05, 3.63) is 66.0 Å². The highest BCUT2D eigenvalue weighted by Crippen LogP contribution is 2.33. The molecule has 0 aliphatic carbocycles. The van der Waals surface area contributed by atoms with Gasteiger partial charge in [0.15, 0.2) is 0 Å². The summed E-state index contributed by atoms with van der Waals surface area (Å²) in [6, 6.07) is 16.3. The fraction of sp³-hybridized carbons (Fsp3) is 0.300. The van der Waals surface area contributed by atoms with Crippen LogP contribution in [0, 0.1) is 6.92 Å². The Bertz CT molecular complexity index is 852. The Labute approximate surface area is 141 Å². The van der Waals surface area contributed by atoms with Crippen molar-refractivity contribution < 1.29 is 5.11 Å². The number of anilines is 1. The van der Waals surface area contributed by atoms with Crippen LogP contribution < -0.4 is 4.90 Å². The number of pyridine rings is 2. The first kappa shape index (κ1) is 15.1. The molecule has 0 radical (unpaired) electrons. The molecule has 24 heavy (non-hydrogen) atoms. The standard InChI is InChI=1S/C20H21N3O/c1-15-6-8-18(21-14-15)20(24)10-12-23(13-11-20)19-9-7-16-4-2-3-5-17(16)22-19/h2-9,14,24H,10-13H2,1H3. The summed E-state index contributed by atoms with van der Waals surface area (Å²) in [5.74, 6) is 0.979. The van der Waals surface area contributed by atoms with E-state index < -0.39 is 5.60 Å². The predicted octanol–water partition coefficient (Wildman–Crippen LogP) is 3.43. The normalized spacial score (nSPS) is 17.2. The molecule has 4 nitrogen and oxygen atoms in total. The molecule has 1 N–H and O–H groups in total. The minimum atomic E-state index is -0.832. The molecule has 3 aromatic rings. The second-order valence-corrected chi connectivity index (χ2v) is 6.60. The molecule has 1 aliphatic heterocycles. The van der Waals surface area contributed by atoms with Crippen molar-refractivity contribution in [2.24, 2.45) is 0 Å². The summed E-state index contributed by atoms with van der Waals surface area (Å²) in [4.78, 5) is 11.4. The second-order valence-electron chi connectivity index (χ2n) is 6.60. The number of hydrogen-bond donors (Lipinski definition) is 1. The van der Waals surface area contributed by atoms with Crippen LogP contribution in [-0.4, -0.2) is 28.2 Å². The number of benzene rings is 1. The van der Waals surface area contributed by atoms with Crippen LogP contribution in [0.15, 0.2) is 54.7 Å². The van der Waals surface area contributed by atoms with E-state index in [0.717, 1.165) is 41.1 Å². The third-order valence-corrected chi connectivity index (χ3v) is 4.89.